The summed E-state index contributed by atoms with van der Waals surface area (Å²) in [7, 11) is 2.12. The molecule has 3 heteroatoms. The van der Waals surface area contributed by atoms with Crippen LogP contribution < -0.4 is 5.32 Å². The monoisotopic (exact) mass is 206 g/mol. The van der Waals surface area contributed by atoms with Gasteiger partial charge in [-0.05, 0) is 31.7 Å². The highest BCUT2D eigenvalue weighted by atomic mass is 16.3. The topological polar surface area (TPSA) is 35.5 Å². The number of aromatic hydroxyl groups is 1. The Morgan fingerprint density at radius 2 is 2.20 bits per heavy atom. The molecular formula is C12H18N2O. The van der Waals surface area contributed by atoms with E-state index >= 15 is 0 Å². The van der Waals surface area contributed by atoms with Gasteiger partial charge in [-0.25, -0.2) is 0 Å². The maximum absolute atomic E-state index is 9.37. The minimum Gasteiger partial charge on any atom is -0.508 e. The Hall–Kier alpha value is -1.06. The fourth-order valence-corrected chi connectivity index (χ4v) is 2.05. The molecule has 0 amide bonds. The predicted octanol–water partition coefficient (Wildman–Crippen LogP) is 1.36. The van der Waals surface area contributed by atoms with E-state index in [2.05, 4.69) is 24.2 Å². The first-order valence-electron chi connectivity index (χ1n) is 5.38. The minimum atomic E-state index is 0.302. The molecule has 3 nitrogen and oxygen atoms in total. The van der Waals surface area contributed by atoms with Crippen LogP contribution in [0, 0.1) is 0 Å². The van der Waals surface area contributed by atoms with Gasteiger partial charge in [-0.2, -0.15) is 0 Å². The molecule has 1 saturated heterocycles. The Kier molecular flexibility index (Phi) is 2.93. The summed E-state index contributed by atoms with van der Waals surface area (Å²) in [5, 5.41) is 12.9. The highest BCUT2D eigenvalue weighted by molar-refractivity contribution is 5.29. The van der Waals surface area contributed by atoms with Gasteiger partial charge in [-0.1, -0.05) is 12.1 Å². The van der Waals surface area contributed by atoms with E-state index in [9.17, 15) is 5.11 Å². The molecule has 1 atom stereocenters. The van der Waals surface area contributed by atoms with Crippen LogP contribution in [0.4, 0.5) is 0 Å². The Balaban J connectivity index is 1.93. The second-order valence-electron chi connectivity index (χ2n) is 4.40. The van der Waals surface area contributed by atoms with Crippen LogP contribution in [0.5, 0.6) is 5.75 Å². The molecule has 2 N–H and O–H groups in total. The summed E-state index contributed by atoms with van der Waals surface area (Å²) in [6.45, 7) is 4.36. The lowest BCUT2D eigenvalue weighted by molar-refractivity contribution is 0.153. The van der Waals surface area contributed by atoms with Gasteiger partial charge in [0.25, 0.3) is 0 Å². The molecule has 1 fully saturated rings. The first-order chi connectivity index (χ1) is 7.15. The van der Waals surface area contributed by atoms with E-state index in [1.165, 1.54) is 0 Å². The van der Waals surface area contributed by atoms with Crippen LogP contribution in [-0.2, 0) is 0 Å². The maximum atomic E-state index is 9.37. The zero-order chi connectivity index (χ0) is 10.8. The molecule has 15 heavy (non-hydrogen) atoms. The van der Waals surface area contributed by atoms with Crippen LogP contribution in [0.2, 0.25) is 0 Å². The number of likely N-dealkylation sites (N-methyl/N-ethyl adjacent to an activating group) is 1. The Bertz CT molecular complexity index is 334. The SMILES string of the molecule is CC(NC1CN(C)C1)c1cccc(O)c1. The predicted molar refractivity (Wildman–Crippen MR) is 60.9 cm³/mol. The highest BCUT2D eigenvalue weighted by Crippen LogP contribution is 2.19. The summed E-state index contributed by atoms with van der Waals surface area (Å²) in [6.07, 6.45) is 0. The number of phenolic OH excluding ortho intramolecular Hbond substituents is 1. The van der Waals surface area contributed by atoms with E-state index in [0.29, 0.717) is 17.8 Å². The van der Waals surface area contributed by atoms with Gasteiger partial charge < -0.3 is 15.3 Å². The van der Waals surface area contributed by atoms with E-state index in [-0.39, 0.29) is 0 Å². The normalized spacial score (nSPS) is 19.9. The van der Waals surface area contributed by atoms with Crippen molar-refractivity contribution in [2.45, 2.75) is 19.0 Å². The number of nitrogens with one attached hydrogen (secondary N) is 1. The van der Waals surface area contributed by atoms with Crippen LogP contribution in [0.1, 0.15) is 18.5 Å². The summed E-state index contributed by atoms with van der Waals surface area (Å²) in [4.78, 5) is 2.28. The van der Waals surface area contributed by atoms with Gasteiger partial charge in [0.05, 0.1) is 0 Å². The van der Waals surface area contributed by atoms with Crippen molar-refractivity contribution >= 4 is 0 Å². The second kappa shape index (κ2) is 4.21. The lowest BCUT2D eigenvalue weighted by Crippen LogP contribution is -2.56. The first kappa shape index (κ1) is 10.5. The molecule has 1 aromatic carbocycles. The van der Waals surface area contributed by atoms with Crippen molar-refractivity contribution in [3.8, 4) is 5.75 Å². The van der Waals surface area contributed by atoms with Crippen molar-refractivity contribution in [2.75, 3.05) is 20.1 Å². The summed E-state index contributed by atoms with van der Waals surface area (Å²) >= 11 is 0. The number of hydrogen-bond acceptors (Lipinski definition) is 3. The second-order valence-corrected chi connectivity index (χ2v) is 4.40. The van der Waals surface area contributed by atoms with E-state index < -0.39 is 0 Å². The van der Waals surface area contributed by atoms with Crippen molar-refractivity contribution in [3.05, 3.63) is 29.8 Å². The van der Waals surface area contributed by atoms with Crippen LogP contribution in [0.15, 0.2) is 24.3 Å². The summed E-state index contributed by atoms with van der Waals surface area (Å²) in [5.41, 5.74) is 1.14. The van der Waals surface area contributed by atoms with Crippen LogP contribution in [-0.4, -0.2) is 36.2 Å². The number of nitrogens with zero attached hydrogens (tertiary/aromatic N) is 1. The summed E-state index contributed by atoms with van der Waals surface area (Å²) in [5.74, 6) is 0.340. The average Bonchev–Trinajstić information content (AvgIpc) is 2.15. The van der Waals surface area contributed by atoms with Crippen molar-refractivity contribution in [1.29, 1.82) is 0 Å². The lowest BCUT2D eigenvalue weighted by atomic mass is 10.0. The fraction of sp³-hybridized carbons (Fsp3) is 0.500. The summed E-state index contributed by atoms with van der Waals surface area (Å²) in [6, 6.07) is 8.34. The highest BCUT2D eigenvalue weighted by Gasteiger charge is 2.24. The first-order valence-corrected chi connectivity index (χ1v) is 5.38. The van der Waals surface area contributed by atoms with Gasteiger partial charge in [0.1, 0.15) is 5.75 Å². The number of phenols is 1. The molecule has 0 spiro atoms. The average molecular weight is 206 g/mol. The van der Waals surface area contributed by atoms with Gasteiger partial charge in [-0.3, -0.25) is 0 Å². The van der Waals surface area contributed by atoms with Crippen molar-refractivity contribution < 1.29 is 5.11 Å². The molecule has 82 valence electrons. The molecule has 2 rings (SSSR count). The van der Waals surface area contributed by atoms with Crippen LogP contribution in [0.25, 0.3) is 0 Å². The quantitative estimate of drug-likeness (QED) is 0.783. The molecule has 0 radical (unpaired) electrons. The smallest absolute Gasteiger partial charge is 0.115 e. The zero-order valence-corrected chi connectivity index (χ0v) is 9.27. The number of benzene rings is 1. The third-order valence-electron chi connectivity index (χ3n) is 2.92. The van der Waals surface area contributed by atoms with Gasteiger partial charge in [-0.15, -0.1) is 0 Å². The third kappa shape index (κ3) is 2.49. The fourth-order valence-electron chi connectivity index (χ4n) is 2.05. The zero-order valence-electron chi connectivity index (χ0n) is 9.27. The third-order valence-corrected chi connectivity index (χ3v) is 2.92. The van der Waals surface area contributed by atoms with Crippen LogP contribution >= 0.6 is 0 Å². The van der Waals surface area contributed by atoms with Crippen molar-refractivity contribution in [3.63, 3.8) is 0 Å². The van der Waals surface area contributed by atoms with E-state index in [0.717, 1.165) is 18.7 Å². The van der Waals surface area contributed by atoms with Crippen molar-refractivity contribution in [1.82, 2.24) is 10.2 Å². The molecule has 0 aromatic heterocycles. The Morgan fingerprint density at radius 1 is 1.47 bits per heavy atom. The largest absolute Gasteiger partial charge is 0.508 e. The molecule has 1 aromatic rings. The van der Waals surface area contributed by atoms with E-state index in [4.69, 9.17) is 0 Å². The molecule has 1 aliphatic rings. The molecule has 1 unspecified atom stereocenters. The summed E-state index contributed by atoms with van der Waals surface area (Å²) < 4.78 is 0. The van der Waals surface area contributed by atoms with Gasteiger partial charge in [0, 0.05) is 25.2 Å². The number of hydrogen-bond donors (Lipinski definition) is 2. The standard InChI is InChI=1S/C12H18N2O/c1-9(13-11-7-14(2)8-11)10-4-3-5-12(15)6-10/h3-6,9,11,13,15H,7-8H2,1-2H3. The van der Waals surface area contributed by atoms with E-state index in [1.54, 1.807) is 6.07 Å². The van der Waals surface area contributed by atoms with Gasteiger partial charge in [0.15, 0.2) is 0 Å². The van der Waals surface area contributed by atoms with Gasteiger partial charge >= 0.3 is 0 Å². The molecule has 0 bridgehead atoms. The molecule has 1 aliphatic heterocycles. The maximum Gasteiger partial charge on any atom is 0.115 e. The van der Waals surface area contributed by atoms with Crippen molar-refractivity contribution in [2.24, 2.45) is 0 Å². The number of rotatable bonds is 3. The number of likely N-dealkylation sites (tertiary alicyclic amines) is 1. The lowest BCUT2D eigenvalue weighted by Gasteiger charge is -2.38. The Morgan fingerprint density at radius 3 is 2.80 bits per heavy atom. The molecule has 1 heterocycles. The minimum absolute atomic E-state index is 0.302. The molecule has 0 saturated carbocycles. The molecular weight excluding hydrogens is 188 g/mol. The van der Waals surface area contributed by atoms with Gasteiger partial charge in [0.2, 0.25) is 0 Å². The Labute approximate surface area is 90.7 Å². The molecule has 0 aliphatic carbocycles. The van der Waals surface area contributed by atoms with E-state index in [1.807, 2.05) is 18.2 Å². The van der Waals surface area contributed by atoms with Crippen LogP contribution in [0.3, 0.4) is 0 Å².